The highest BCUT2D eigenvalue weighted by Gasteiger charge is 2.20. The second-order valence-corrected chi connectivity index (χ2v) is 8.64. The fourth-order valence-electron chi connectivity index (χ4n) is 4.19. The summed E-state index contributed by atoms with van der Waals surface area (Å²) in [6.07, 6.45) is 6.17. The van der Waals surface area contributed by atoms with Crippen molar-refractivity contribution in [1.82, 2.24) is 10.3 Å². The zero-order chi connectivity index (χ0) is 21.9. The number of H-pyrrole nitrogens is 1. The van der Waals surface area contributed by atoms with Crippen LogP contribution in [-0.2, 0) is 17.8 Å². The van der Waals surface area contributed by atoms with E-state index in [2.05, 4.69) is 51.0 Å². The van der Waals surface area contributed by atoms with Gasteiger partial charge in [-0.05, 0) is 54.8 Å². The first-order chi connectivity index (χ1) is 15.7. The summed E-state index contributed by atoms with van der Waals surface area (Å²) in [7, 11) is 0. The van der Waals surface area contributed by atoms with Crippen molar-refractivity contribution in [3.63, 3.8) is 0 Å². The van der Waals surface area contributed by atoms with E-state index >= 15 is 0 Å². The average Bonchev–Trinajstić information content (AvgIpc) is 3.30. The number of nitrogens with one attached hydrogen (secondary N) is 3. The van der Waals surface area contributed by atoms with Crippen molar-refractivity contribution in [2.45, 2.75) is 32.0 Å². The molecule has 0 atom stereocenters. The monoisotopic (exact) mass is 452 g/mol. The Bertz CT molecular complexity index is 1110. The molecule has 3 aromatic rings. The number of hydrogen-bond donors (Lipinski definition) is 3. The van der Waals surface area contributed by atoms with Crippen molar-refractivity contribution in [3.8, 4) is 0 Å². The lowest BCUT2D eigenvalue weighted by molar-refractivity contribution is 0.0776. The molecule has 0 saturated carbocycles. The number of benzene rings is 2. The van der Waals surface area contributed by atoms with Crippen LogP contribution in [0.25, 0.3) is 5.70 Å². The number of nitrogens with zero attached hydrogens (tertiary/aromatic N) is 1. The first-order valence-corrected chi connectivity index (χ1v) is 11.3. The van der Waals surface area contributed by atoms with Crippen LogP contribution in [0.5, 0.6) is 0 Å². The van der Waals surface area contributed by atoms with Crippen LogP contribution in [0.2, 0.25) is 5.02 Å². The third-order valence-corrected chi connectivity index (χ3v) is 6.31. The van der Waals surface area contributed by atoms with E-state index in [0.717, 1.165) is 67.5 Å². The highest BCUT2D eigenvalue weighted by molar-refractivity contribution is 6.31. The van der Waals surface area contributed by atoms with Crippen LogP contribution >= 0.6 is 11.6 Å². The van der Waals surface area contributed by atoms with Crippen LogP contribution in [-0.4, -0.2) is 24.2 Å². The Kier molecular flexibility index (Phi) is 6.17. The number of aromatic amines is 1. The van der Waals surface area contributed by atoms with Gasteiger partial charge in [0.15, 0.2) is 0 Å². The van der Waals surface area contributed by atoms with Gasteiger partial charge in [-0.1, -0.05) is 23.7 Å². The minimum absolute atomic E-state index is 0.0995. The van der Waals surface area contributed by atoms with Crippen molar-refractivity contribution in [2.75, 3.05) is 23.4 Å². The highest BCUT2D eigenvalue weighted by Crippen LogP contribution is 2.31. The summed E-state index contributed by atoms with van der Waals surface area (Å²) >= 11 is 5.96. The van der Waals surface area contributed by atoms with Crippen LogP contribution in [0.1, 0.15) is 29.7 Å². The number of anilines is 2. The molecule has 1 saturated heterocycles. The molecule has 0 unspecified atom stereocenters. The van der Waals surface area contributed by atoms with Crippen molar-refractivity contribution in [3.05, 3.63) is 88.6 Å². The van der Waals surface area contributed by atoms with Crippen molar-refractivity contribution in [1.29, 1.82) is 0 Å². The highest BCUT2D eigenvalue weighted by atomic mass is 35.5. The van der Waals surface area contributed by atoms with Gasteiger partial charge in [0.25, 0.3) is 0 Å². The molecule has 5 nitrogen and oxygen atoms in total. The van der Waals surface area contributed by atoms with Gasteiger partial charge in [0, 0.05) is 60.8 Å². The van der Waals surface area contributed by atoms with Crippen molar-refractivity contribution >= 4 is 28.7 Å². The quantitative estimate of drug-likeness (QED) is 0.462. The minimum Gasteiger partial charge on any atom is -0.381 e. The van der Waals surface area contributed by atoms with Crippen LogP contribution < -0.4 is 15.5 Å². The Morgan fingerprint density at radius 3 is 2.69 bits per heavy atom. The van der Waals surface area contributed by atoms with Crippen LogP contribution in [0.4, 0.5) is 15.8 Å². The standard InChI is InChI=1S/C25H26ClFN4O/c26-22-13-19(3-6-23(22)27)30-25-16-31(15-24-21(25)7-10-28-24)20-4-1-17(2-5-20)14-29-18-8-11-32-12-9-18/h1-7,10,13,16,18,28-30H,8-9,11-12,14-15H2. The van der Waals surface area contributed by atoms with E-state index in [1.165, 1.54) is 11.6 Å². The van der Waals surface area contributed by atoms with E-state index in [-0.39, 0.29) is 5.02 Å². The van der Waals surface area contributed by atoms with Crippen molar-refractivity contribution < 1.29 is 9.13 Å². The average molecular weight is 453 g/mol. The number of rotatable bonds is 6. The minimum atomic E-state index is -0.426. The van der Waals surface area contributed by atoms with E-state index < -0.39 is 5.82 Å². The lowest BCUT2D eigenvalue weighted by Gasteiger charge is -2.28. The molecule has 32 heavy (non-hydrogen) atoms. The fourth-order valence-corrected chi connectivity index (χ4v) is 4.37. The van der Waals surface area contributed by atoms with E-state index in [1.54, 1.807) is 12.1 Å². The molecule has 5 rings (SSSR count). The summed E-state index contributed by atoms with van der Waals surface area (Å²) in [6.45, 7) is 3.30. The molecular formula is C25H26ClFN4O. The van der Waals surface area contributed by atoms with Gasteiger partial charge in [0.05, 0.1) is 17.3 Å². The first-order valence-electron chi connectivity index (χ1n) is 10.9. The molecule has 3 heterocycles. The third kappa shape index (κ3) is 4.67. The molecule has 1 aromatic heterocycles. The van der Waals surface area contributed by atoms with Gasteiger partial charge < -0.3 is 25.3 Å². The molecular weight excluding hydrogens is 427 g/mol. The molecule has 166 valence electrons. The summed E-state index contributed by atoms with van der Waals surface area (Å²) in [6, 6.07) is 15.9. The Morgan fingerprint density at radius 2 is 1.91 bits per heavy atom. The number of fused-ring (bicyclic) bond motifs is 1. The van der Waals surface area contributed by atoms with E-state index in [1.807, 2.05) is 12.3 Å². The van der Waals surface area contributed by atoms with Gasteiger partial charge in [0.2, 0.25) is 0 Å². The zero-order valence-corrected chi connectivity index (χ0v) is 18.5. The smallest absolute Gasteiger partial charge is 0.141 e. The molecule has 1 fully saturated rings. The van der Waals surface area contributed by atoms with E-state index in [9.17, 15) is 4.39 Å². The first kappa shape index (κ1) is 21.1. The van der Waals surface area contributed by atoms with Crippen LogP contribution in [0.3, 0.4) is 0 Å². The Balaban J connectivity index is 1.31. The molecule has 2 aliphatic heterocycles. The summed E-state index contributed by atoms with van der Waals surface area (Å²) < 4.78 is 19.0. The number of halogens is 2. The summed E-state index contributed by atoms with van der Waals surface area (Å²) in [5.41, 5.74) is 6.26. The molecule has 7 heteroatoms. The topological polar surface area (TPSA) is 52.3 Å². The number of aromatic nitrogens is 1. The van der Waals surface area contributed by atoms with Crippen LogP contribution in [0, 0.1) is 5.82 Å². The van der Waals surface area contributed by atoms with Gasteiger partial charge in [-0.15, -0.1) is 0 Å². The maximum absolute atomic E-state index is 13.5. The molecule has 0 aliphatic carbocycles. The number of hydrogen-bond acceptors (Lipinski definition) is 4. The fraction of sp³-hybridized carbons (Fsp3) is 0.280. The predicted molar refractivity (Wildman–Crippen MR) is 127 cm³/mol. The van der Waals surface area contributed by atoms with Crippen molar-refractivity contribution in [2.24, 2.45) is 0 Å². The molecule has 2 aromatic carbocycles. The summed E-state index contributed by atoms with van der Waals surface area (Å²) in [4.78, 5) is 5.53. The second-order valence-electron chi connectivity index (χ2n) is 8.23. The maximum atomic E-state index is 13.5. The molecule has 0 amide bonds. The van der Waals surface area contributed by atoms with E-state index in [0.29, 0.717) is 6.04 Å². The molecule has 3 N–H and O–H groups in total. The SMILES string of the molecule is Fc1ccc(NC2=CN(c3ccc(CNC4CCOCC4)cc3)Cc3[nH]ccc32)cc1Cl. The Labute approximate surface area is 192 Å². The molecule has 0 radical (unpaired) electrons. The second kappa shape index (κ2) is 9.36. The molecule has 0 spiro atoms. The van der Waals surface area contributed by atoms with Crippen LogP contribution in [0.15, 0.2) is 60.9 Å². The third-order valence-electron chi connectivity index (χ3n) is 6.02. The van der Waals surface area contributed by atoms with Gasteiger partial charge >= 0.3 is 0 Å². The normalized spacial score (nSPS) is 16.6. The zero-order valence-electron chi connectivity index (χ0n) is 17.7. The lowest BCUT2D eigenvalue weighted by atomic mass is 10.1. The predicted octanol–water partition coefficient (Wildman–Crippen LogP) is 5.51. The largest absolute Gasteiger partial charge is 0.381 e. The number of ether oxygens (including phenoxy) is 1. The Morgan fingerprint density at radius 1 is 1.09 bits per heavy atom. The lowest BCUT2D eigenvalue weighted by Crippen LogP contribution is -2.34. The maximum Gasteiger partial charge on any atom is 0.141 e. The molecule has 0 bridgehead atoms. The van der Waals surface area contributed by atoms with E-state index in [4.69, 9.17) is 16.3 Å². The Hall–Kier alpha value is -2.80. The van der Waals surface area contributed by atoms with Gasteiger partial charge in [0.1, 0.15) is 5.82 Å². The summed E-state index contributed by atoms with van der Waals surface area (Å²) in [5, 5.41) is 7.12. The van der Waals surface area contributed by atoms with Gasteiger partial charge in [-0.3, -0.25) is 0 Å². The van der Waals surface area contributed by atoms with Gasteiger partial charge in [-0.25, -0.2) is 4.39 Å². The summed E-state index contributed by atoms with van der Waals surface area (Å²) in [5.74, 6) is -0.426. The molecule has 2 aliphatic rings. The van der Waals surface area contributed by atoms with Gasteiger partial charge in [-0.2, -0.15) is 0 Å².